The predicted molar refractivity (Wildman–Crippen MR) is 180 cm³/mol. The van der Waals surface area contributed by atoms with E-state index in [1.807, 2.05) is 0 Å². The van der Waals surface area contributed by atoms with Gasteiger partial charge < -0.3 is 14.4 Å². The van der Waals surface area contributed by atoms with E-state index < -0.39 is 26.5 Å². The lowest BCUT2D eigenvalue weighted by Gasteiger charge is -2.19. The molecule has 0 aromatic carbocycles. The number of phosphoric ester groups is 1. The predicted octanol–water partition coefficient (Wildman–Crippen LogP) is 10.6. The Kier molecular flexibility index (Phi) is 30.9. The molecule has 260 valence electrons. The Hall–Kier alpha value is -1.21. The molecule has 44 heavy (non-hydrogen) atoms. The molecule has 0 aliphatic heterocycles. The maximum absolute atomic E-state index is 12.4. The van der Waals surface area contributed by atoms with Crippen molar-refractivity contribution in [3.63, 3.8) is 0 Å². The summed E-state index contributed by atoms with van der Waals surface area (Å²) in [5, 5.41) is 0. The van der Waals surface area contributed by atoms with Crippen molar-refractivity contribution < 1.29 is 37.6 Å². The van der Waals surface area contributed by atoms with Gasteiger partial charge in [0, 0.05) is 12.8 Å². The van der Waals surface area contributed by atoms with Gasteiger partial charge in [0.15, 0.2) is 6.10 Å². The minimum Gasteiger partial charge on any atom is -0.462 e. The zero-order valence-electron chi connectivity index (χ0n) is 28.6. The molecule has 0 aromatic heterocycles. The second kappa shape index (κ2) is 31.8. The maximum atomic E-state index is 12.4. The molecule has 0 rings (SSSR count). The topological polar surface area (TPSA) is 108 Å². The summed E-state index contributed by atoms with van der Waals surface area (Å²) in [7, 11) is -4.27. The Labute approximate surface area is 270 Å². The molecule has 0 heterocycles. The molecule has 2 unspecified atom stereocenters. The fraction of sp³-hybridized carbons (Fsp3) is 0.886. The molecule has 0 fully saturated rings. The van der Waals surface area contributed by atoms with Gasteiger partial charge in [-0.05, 0) is 45.4 Å². The van der Waals surface area contributed by atoms with Gasteiger partial charge in [-0.1, -0.05) is 129 Å². The molecule has 1 N–H and O–H groups in total. The van der Waals surface area contributed by atoms with E-state index in [9.17, 15) is 19.0 Å². The summed E-state index contributed by atoms with van der Waals surface area (Å²) in [4.78, 5) is 34.4. The Morgan fingerprint density at radius 3 is 1.50 bits per heavy atom. The second-order valence-corrected chi connectivity index (χ2v) is 13.3. The Bertz CT molecular complexity index is 742. The molecule has 0 aliphatic carbocycles. The van der Waals surface area contributed by atoms with Crippen LogP contribution in [-0.4, -0.2) is 42.8 Å². The van der Waals surface area contributed by atoms with Crippen LogP contribution >= 0.6 is 7.82 Å². The van der Waals surface area contributed by atoms with Gasteiger partial charge in [-0.25, -0.2) is 4.57 Å². The molecular weight excluding hydrogens is 579 g/mol. The SMILES string of the molecule is CCCCCCC/C=C\CCCCCCCC(=O)OC(COC(=O)CCCCCCCCCCCC)COP(=O)(O)OCC. The van der Waals surface area contributed by atoms with Crippen molar-refractivity contribution in [1.82, 2.24) is 0 Å². The number of carbonyl (C=O) groups excluding carboxylic acids is 2. The van der Waals surface area contributed by atoms with Crippen molar-refractivity contribution in [3.8, 4) is 0 Å². The van der Waals surface area contributed by atoms with E-state index in [-0.39, 0.29) is 25.6 Å². The lowest BCUT2D eigenvalue weighted by Crippen LogP contribution is -2.29. The summed E-state index contributed by atoms with van der Waals surface area (Å²) in [5.74, 6) is -0.806. The monoisotopic (exact) mass is 646 g/mol. The van der Waals surface area contributed by atoms with Crippen LogP contribution in [0.15, 0.2) is 12.2 Å². The van der Waals surface area contributed by atoms with Crippen LogP contribution in [0, 0.1) is 0 Å². The first-order valence-electron chi connectivity index (χ1n) is 18.0. The first kappa shape index (κ1) is 42.8. The normalized spacial score (nSPS) is 13.6. The lowest BCUT2D eigenvalue weighted by molar-refractivity contribution is -0.161. The summed E-state index contributed by atoms with van der Waals surface area (Å²) in [6, 6.07) is 0. The molecule has 0 bridgehead atoms. The van der Waals surface area contributed by atoms with Crippen LogP contribution in [-0.2, 0) is 32.7 Å². The highest BCUT2D eigenvalue weighted by Crippen LogP contribution is 2.43. The number of rotatable bonds is 33. The van der Waals surface area contributed by atoms with Crippen molar-refractivity contribution >= 4 is 19.8 Å². The van der Waals surface area contributed by atoms with Crippen LogP contribution < -0.4 is 0 Å². The molecule has 0 spiro atoms. The highest BCUT2D eigenvalue weighted by atomic mass is 31.2. The van der Waals surface area contributed by atoms with Crippen LogP contribution in [0.3, 0.4) is 0 Å². The number of ether oxygens (including phenoxy) is 2. The Balaban J connectivity index is 4.18. The van der Waals surface area contributed by atoms with E-state index >= 15 is 0 Å². The summed E-state index contributed by atoms with van der Waals surface area (Å²) in [5.41, 5.74) is 0. The first-order chi connectivity index (χ1) is 21.3. The van der Waals surface area contributed by atoms with Gasteiger partial charge in [0.05, 0.1) is 13.2 Å². The van der Waals surface area contributed by atoms with Crippen LogP contribution in [0.1, 0.15) is 175 Å². The van der Waals surface area contributed by atoms with Gasteiger partial charge in [0.1, 0.15) is 6.61 Å². The van der Waals surface area contributed by atoms with E-state index in [0.29, 0.717) is 12.8 Å². The largest absolute Gasteiger partial charge is 0.472 e. The summed E-state index contributed by atoms with van der Waals surface area (Å²) < 4.78 is 32.4. The van der Waals surface area contributed by atoms with Crippen LogP contribution in [0.2, 0.25) is 0 Å². The number of esters is 2. The van der Waals surface area contributed by atoms with E-state index in [2.05, 4.69) is 26.0 Å². The van der Waals surface area contributed by atoms with E-state index in [1.54, 1.807) is 6.92 Å². The average Bonchev–Trinajstić information content (AvgIpc) is 2.99. The van der Waals surface area contributed by atoms with Gasteiger partial charge in [-0.3, -0.25) is 18.6 Å². The van der Waals surface area contributed by atoms with E-state index in [0.717, 1.165) is 51.4 Å². The number of phosphoric acid groups is 1. The van der Waals surface area contributed by atoms with Crippen LogP contribution in [0.25, 0.3) is 0 Å². The molecule has 0 radical (unpaired) electrons. The van der Waals surface area contributed by atoms with Gasteiger partial charge >= 0.3 is 19.8 Å². The van der Waals surface area contributed by atoms with Gasteiger partial charge in [-0.2, -0.15) is 0 Å². The summed E-state index contributed by atoms with van der Waals surface area (Å²) >= 11 is 0. The van der Waals surface area contributed by atoms with Crippen LogP contribution in [0.4, 0.5) is 0 Å². The zero-order chi connectivity index (χ0) is 32.6. The van der Waals surface area contributed by atoms with E-state index in [1.165, 1.54) is 83.5 Å². The van der Waals surface area contributed by atoms with Crippen molar-refractivity contribution in [3.05, 3.63) is 12.2 Å². The first-order valence-corrected chi connectivity index (χ1v) is 19.5. The average molecular weight is 647 g/mol. The van der Waals surface area contributed by atoms with E-state index in [4.69, 9.17) is 18.5 Å². The molecule has 8 nitrogen and oxygen atoms in total. The fourth-order valence-electron chi connectivity index (χ4n) is 4.92. The van der Waals surface area contributed by atoms with Crippen molar-refractivity contribution in [1.29, 1.82) is 0 Å². The molecular formula is C35H67O8P. The fourth-order valence-corrected chi connectivity index (χ4v) is 5.67. The molecule has 9 heteroatoms. The highest BCUT2D eigenvalue weighted by molar-refractivity contribution is 7.47. The molecule has 0 aromatic rings. The lowest BCUT2D eigenvalue weighted by atomic mass is 10.1. The maximum Gasteiger partial charge on any atom is 0.472 e. The number of hydrogen-bond acceptors (Lipinski definition) is 7. The summed E-state index contributed by atoms with van der Waals surface area (Å²) in [6.07, 6.45) is 29.8. The molecule has 0 saturated carbocycles. The van der Waals surface area contributed by atoms with Crippen molar-refractivity contribution in [2.24, 2.45) is 0 Å². The second-order valence-electron chi connectivity index (χ2n) is 11.9. The van der Waals surface area contributed by atoms with Crippen LogP contribution in [0.5, 0.6) is 0 Å². The summed E-state index contributed by atoms with van der Waals surface area (Å²) in [6.45, 7) is 5.43. The van der Waals surface area contributed by atoms with Gasteiger partial charge in [0.25, 0.3) is 0 Å². The Morgan fingerprint density at radius 2 is 1.02 bits per heavy atom. The third-order valence-electron chi connectivity index (χ3n) is 7.57. The minimum atomic E-state index is -4.27. The quantitative estimate of drug-likeness (QED) is 0.0325. The smallest absolute Gasteiger partial charge is 0.462 e. The zero-order valence-corrected chi connectivity index (χ0v) is 29.5. The number of unbranched alkanes of at least 4 members (excludes halogenated alkanes) is 19. The van der Waals surface area contributed by atoms with Gasteiger partial charge in [0.2, 0.25) is 0 Å². The standard InChI is InChI=1S/C35H67O8P/c1-4-7-9-11-13-15-17-18-19-20-22-24-26-28-30-35(37)43-33(32-42-44(38,39)41-6-3)31-40-34(36)29-27-25-23-21-16-14-12-10-8-5-2/h17-18,33H,4-16,19-32H2,1-3H3,(H,38,39)/b18-17-. The minimum absolute atomic E-state index is 0.00148. The third kappa shape index (κ3) is 30.8. The van der Waals surface area contributed by atoms with Crippen molar-refractivity contribution in [2.75, 3.05) is 19.8 Å². The highest BCUT2D eigenvalue weighted by Gasteiger charge is 2.25. The van der Waals surface area contributed by atoms with Crippen molar-refractivity contribution in [2.45, 2.75) is 181 Å². The Morgan fingerprint density at radius 1 is 0.591 bits per heavy atom. The molecule has 0 aliphatic rings. The number of carbonyl (C=O) groups is 2. The van der Waals surface area contributed by atoms with Gasteiger partial charge in [-0.15, -0.1) is 0 Å². The third-order valence-corrected chi connectivity index (χ3v) is 8.63. The molecule has 0 amide bonds. The number of allylic oxidation sites excluding steroid dienone is 2. The molecule has 0 saturated heterocycles. The number of hydrogen-bond donors (Lipinski definition) is 1. The molecule has 2 atom stereocenters.